The van der Waals surface area contributed by atoms with E-state index in [-0.39, 0.29) is 23.1 Å². The highest BCUT2D eigenvalue weighted by Crippen LogP contribution is 2.36. The first-order chi connectivity index (χ1) is 14.4. The molecular weight excluding hydrogens is 394 g/mol. The van der Waals surface area contributed by atoms with Crippen molar-refractivity contribution < 1.29 is 18.3 Å². The van der Waals surface area contributed by atoms with Crippen LogP contribution in [0.3, 0.4) is 0 Å². The van der Waals surface area contributed by atoms with Gasteiger partial charge in [-0.05, 0) is 25.0 Å². The predicted molar refractivity (Wildman–Crippen MR) is 106 cm³/mol. The van der Waals surface area contributed by atoms with E-state index in [1.165, 1.54) is 18.2 Å². The van der Waals surface area contributed by atoms with E-state index in [9.17, 15) is 13.6 Å². The number of nitrogens with zero attached hydrogens (tertiary/aromatic N) is 5. The van der Waals surface area contributed by atoms with E-state index < -0.39 is 6.61 Å². The number of benzene rings is 1. The number of fused-ring (bicyclic) bond motifs is 1. The molecule has 0 unspecified atom stereocenters. The molecule has 1 aliphatic rings. The van der Waals surface area contributed by atoms with Crippen molar-refractivity contribution in [2.75, 3.05) is 17.3 Å². The summed E-state index contributed by atoms with van der Waals surface area (Å²) in [5.74, 6) is 0.408. The number of nitrogens with one attached hydrogen (secondary N) is 1. The molecule has 1 N–H and O–H groups in total. The Morgan fingerprint density at radius 3 is 2.83 bits per heavy atom. The lowest BCUT2D eigenvalue weighted by molar-refractivity contribution is -0.117. The van der Waals surface area contributed by atoms with Crippen molar-refractivity contribution in [3.05, 3.63) is 36.2 Å². The number of anilines is 3. The number of aromatic nitrogens is 3. The predicted octanol–water partition coefficient (Wildman–Crippen LogP) is 3.56. The quantitative estimate of drug-likeness (QED) is 0.665. The van der Waals surface area contributed by atoms with Crippen molar-refractivity contribution in [3.8, 4) is 11.8 Å². The van der Waals surface area contributed by atoms with Crippen molar-refractivity contribution >= 4 is 34.3 Å². The minimum absolute atomic E-state index is 0.0171. The Kier molecular flexibility index (Phi) is 4.95. The van der Waals surface area contributed by atoms with Crippen molar-refractivity contribution in [3.63, 3.8) is 0 Å². The second-order valence-corrected chi connectivity index (χ2v) is 7.05. The molecule has 1 amide bonds. The zero-order valence-electron chi connectivity index (χ0n) is 16.3. The van der Waals surface area contributed by atoms with Crippen LogP contribution < -0.4 is 15.0 Å². The van der Waals surface area contributed by atoms with Gasteiger partial charge in [0.1, 0.15) is 11.3 Å². The Morgan fingerprint density at radius 2 is 2.17 bits per heavy atom. The first-order valence-corrected chi connectivity index (χ1v) is 9.23. The third-order valence-corrected chi connectivity index (χ3v) is 4.90. The summed E-state index contributed by atoms with van der Waals surface area (Å²) in [6.07, 6.45) is 3.29. The first kappa shape index (κ1) is 19.6. The van der Waals surface area contributed by atoms with Gasteiger partial charge in [0.15, 0.2) is 11.6 Å². The number of ether oxygens (including phenoxy) is 1. The van der Waals surface area contributed by atoms with E-state index in [4.69, 9.17) is 5.26 Å². The standard InChI is InChI=1S/C20H18F2N6O2/c1-27-10-24-17-14(27)8-16(25-18(17)26-19(29)12-4-5-12)28(2)13-6-3-11(9-23)7-15(13)30-20(21)22/h3,6-8,10,12,20H,4-5H2,1-2H3,(H,25,26,29). The highest BCUT2D eigenvalue weighted by atomic mass is 19.3. The number of carbonyl (C=O) groups is 1. The number of hydrogen-bond acceptors (Lipinski definition) is 6. The molecule has 0 spiro atoms. The van der Waals surface area contributed by atoms with Gasteiger partial charge in [-0.1, -0.05) is 0 Å². The van der Waals surface area contributed by atoms with E-state index in [2.05, 4.69) is 20.0 Å². The van der Waals surface area contributed by atoms with Gasteiger partial charge >= 0.3 is 6.61 Å². The minimum Gasteiger partial charge on any atom is -0.433 e. The summed E-state index contributed by atoms with van der Waals surface area (Å²) in [7, 11) is 3.44. The molecule has 10 heteroatoms. The van der Waals surface area contributed by atoms with Crippen LogP contribution in [0.25, 0.3) is 11.0 Å². The number of nitriles is 1. The van der Waals surface area contributed by atoms with Crippen molar-refractivity contribution in [2.24, 2.45) is 13.0 Å². The van der Waals surface area contributed by atoms with Crippen LogP contribution in [0.1, 0.15) is 18.4 Å². The molecular formula is C20H18F2N6O2. The lowest BCUT2D eigenvalue weighted by Gasteiger charge is -2.22. The summed E-state index contributed by atoms with van der Waals surface area (Å²) < 4.78 is 32.2. The largest absolute Gasteiger partial charge is 0.433 e. The molecule has 1 fully saturated rings. The average molecular weight is 412 g/mol. The van der Waals surface area contributed by atoms with Crippen LogP contribution in [-0.2, 0) is 11.8 Å². The number of imidazole rings is 1. The molecule has 1 aromatic carbocycles. The number of rotatable bonds is 6. The monoisotopic (exact) mass is 412 g/mol. The first-order valence-electron chi connectivity index (χ1n) is 9.23. The average Bonchev–Trinajstić information content (AvgIpc) is 3.50. The smallest absolute Gasteiger partial charge is 0.387 e. The van der Waals surface area contributed by atoms with E-state index in [0.29, 0.717) is 28.4 Å². The number of halogens is 2. The van der Waals surface area contributed by atoms with Gasteiger partial charge < -0.3 is 19.5 Å². The maximum absolute atomic E-state index is 12.9. The second kappa shape index (κ2) is 7.59. The zero-order chi connectivity index (χ0) is 21.4. The highest BCUT2D eigenvalue weighted by Gasteiger charge is 2.30. The lowest BCUT2D eigenvalue weighted by Crippen LogP contribution is -2.18. The van der Waals surface area contributed by atoms with Crippen LogP contribution in [0, 0.1) is 17.2 Å². The molecule has 30 heavy (non-hydrogen) atoms. The van der Waals surface area contributed by atoms with E-state index in [0.717, 1.165) is 12.8 Å². The summed E-state index contributed by atoms with van der Waals surface area (Å²) in [4.78, 5) is 22.7. The van der Waals surface area contributed by atoms with Gasteiger partial charge in [0.2, 0.25) is 5.91 Å². The SMILES string of the molecule is CN(c1cc2c(ncn2C)c(NC(=O)C2CC2)n1)c1ccc(C#N)cc1OC(F)F. The molecule has 1 saturated carbocycles. The van der Waals surface area contributed by atoms with Gasteiger partial charge in [0, 0.05) is 32.1 Å². The molecule has 8 nitrogen and oxygen atoms in total. The Balaban J connectivity index is 1.78. The molecule has 154 valence electrons. The molecule has 2 heterocycles. The van der Waals surface area contributed by atoms with E-state index >= 15 is 0 Å². The van der Waals surface area contributed by atoms with Gasteiger partial charge in [-0.25, -0.2) is 9.97 Å². The summed E-state index contributed by atoms with van der Waals surface area (Å²) in [6.45, 7) is -3.05. The lowest BCUT2D eigenvalue weighted by atomic mass is 10.2. The van der Waals surface area contributed by atoms with Crippen molar-refractivity contribution in [1.82, 2.24) is 14.5 Å². The van der Waals surface area contributed by atoms with E-state index in [1.54, 1.807) is 36.0 Å². The fourth-order valence-corrected chi connectivity index (χ4v) is 3.11. The Labute approximate surface area is 170 Å². The number of aryl methyl sites for hydroxylation is 1. The maximum Gasteiger partial charge on any atom is 0.387 e. The van der Waals surface area contributed by atoms with Crippen LogP contribution in [0.4, 0.5) is 26.1 Å². The Morgan fingerprint density at radius 1 is 1.40 bits per heavy atom. The van der Waals surface area contributed by atoms with Crippen LogP contribution >= 0.6 is 0 Å². The van der Waals surface area contributed by atoms with Gasteiger partial charge in [-0.15, -0.1) is 0 Å². The molecule has 4 rings (SSSR count). The molecule has 0 radical (unpaired) electrons. The molecule has 0 bridgehead atoms. The molecule has 1 aliphatic carbocycles. The maximum atomic E-state index is 12.9. The molecule has 0 saturated heterocycles. The topological polar surface area (TPSA) is 96.1 Å². The minimum atomic E-state index is -3.05. The van der Waals surface area contributed by atoms with Crippen LogP contribution in [0.5, 0.6) is 5.75 Å². The molecule has 0 atom stereocenters. The molecule has 2 aromatic heterocycles. The molecule has 0 aliphatic heterocycles. The number of pyridine rings is 1. The zero-order valence-corrected chi connectivity index (χ0v) is 16.3. The second-order valence-electron chi connectivity index (χ2n) is 7.05. The summed E-state index contributed by atoms with van der Waals surface area (Å²) in [6, 6.07) is 7.90. The third-order valence-electron chi connectivity index (χ3n) is 4.90. The van der Waals surface area contributed by atoms with E-state index in [1.807, 2.05) is 6.07 Å². The number of alkyl halides is 2. The van der Waals surface area contributed by atoms with Crippen molar-refractivity contribution in [1.29, 1.82) is 5.26 Å². The Hall–Kier alpha value is -3.74. The summed E-state index contributed by atoms with van der Waals surface area (Å²) in [5.41, 5.74) is 1.73. The summed E-state index contributed by atoms with van der Waals surface area (Å²) in [5, 5.41) is 11.9. The number of carbonyl (C=O) groups excluding carboxylic acids is 1. The van der Waals surface area contributed by atoms with Gasteiger partial charge in [0.25, 0.3) is 0 Å². The molecule has 3 aromatic rings. The fraction of sp³-hybridized carbons (Fsp3) is 0.300. The van der Waals surface area contributed by atoms with Crippen molar-refractivity contribution in [2.45, 2.75) is 19.5 Å². The van der Waals surface area contributed by atoms with Gasteiger partial charge in [-0.3, -0.25) is 4.79 Å². The van der Waals surface area contributed by atoms with Crippen LogP contribution in [-0.4, -0.2) is 34.1 Å². The third kappa shape index (κ3) is 3.74. The van der Waals surface area contributed by atoms with Crippen LogP contribution in [0.2, 0.25) is 0 Å². The summed E-state index contributed by atoms with van der Waals surface area (Å²) >= 11 is 0. The van der Waals surface area contributed by atoms with Crippen LogP contribution in [0.15, 0.2) is 30.6 Å². The fourth-order valence-electron chi connectivity index (χ4n) is 3.11. The number of amides is 1. The highest BCUT2D eigenvalue weighted by molar-refractivity contribution is 6.00. The Bertz CT molecular complexity index is 1170. The van der Waals surface area contributed by atoms with Gasteiger partial charge in [0.05, 0.1) is 29.2 Å². The normalized spacial score (nSPS) is 13.3. The van der Waals surface area contributed by atoms with Gasteiger partial charge in [-0.2, -0.15) is 14.0 Å². The number of hydrogen-bond donors (Lipinski definition) is 1.